The highest BCUT2D eigenvalue weighted by atomic mass is 32.2. The molecule has 20 heavy (non-hydrogen) atoms. The van der Waals surface area contributed by atoms with Crippen molar-refractivity contribution in [2.75, 3.05) is 43.9 Å². The van der Waals surface area contributed by atoms with Gasteiger partial charge in [0, 0.05) is 18.8 Å². The lowest BCUT2D eigenvalue weighted by Crippen LogP contribution is -2.25. The van der Waals surface area contributed by atoms with Crippen molar-refractivity contribution >= 4 is 17.7 Å². The highest BCUT2D eigenvalue weighted by Crippen LogP contribution is 2.17. The van der Waals surface area contributed by atoms with Crippen molar-refractivity contribution in [3.05, 3.63) is 0 Å². The van der Waals surface area contributed by atoms with E-state index < -0.39 is 0 Å². The molecule has 114 valence electrons. The highest BCUT2D eigenvalue weighted by molar-refractivity contribution is 7.99. The molecule has 0 atom stereocenters. The minimum absolute atomic E-state index is 0.392. The van der Waals surface area contributed by atoms with E-state index in [2.05, 4.69) is 39.0 Å². The monoisotopic (exact) mass is 299 g/mol. The highest BCUT2D eigenvalue weighted by Gasteiger charge is 2.08. The first-order valence-electron chi connectivity index (χ1n) is 7.21. The number of hydrogen-bond donors (Lipinski definition) is 1. The van der Waals surface area contributed by atoms with Crippen molar-refractivity contribution in [2.24, 2.45) is 0 Å². The Labute approximate surface area is 125 Å². The van der Waals surface area contributed by atoms with Gasteiger partial charge < -0.3 is 15.0 Å². The third-order valence-corrected chi connectivity index (χ3v) is 3.56. The molecule has 1 aromatic heterocycles. The van der Waals surface area contributed by atoms with Gasteiger partial charge in [0.25, 0.3) is 0 Å². The van der Waals surface area contributed by atoms with Gasteiger partial charge in [-0.05, 0) is 26.9 Å². The van der Waals surface area contributed by atoms with Crippen molar-refractivity contribution in [3.8, 4) is 6.01 Å². The summed E-state index contributed by atoms with van der Waals surface area (Å²) < 4.78 is 5.38. The molecule has 0 radical (unpaired) electrons. The lowest BCUT2D eigenvalue weighted by Gasteiger charge is -2.17. The van der Waals surface area contributed by atoms with Gasteiger partial charge in [-0.3, -0.25) is 0 Å². The second kappa shape index (κ2) is 9.77. The van der Waals surface area contributed by atoms with E-state index in [-0.39, 0.29) is 0 Å². The van der Waals surface area contributed by atoms with Crippen LogP contribution in [0.3, 0.4) is 0 Å². The summed E-state index contributed by atoms with van der Waals surface area (Å²) in [6.07, 6.45) is 0. The van der Waals surface area contributed by atoms with Crippen LogP contribution in [0.2, 0.25) is 0 Å². The fraction of sp³-hybridized carbons (Fsp3) is 0.769. The van der Waals surface area contributed by atoms with Crippen LogP contribution >= 0.6 is 11.8 Å². The van der Waals surface area contributed by atoms with Crippen molar-refractivity contribution < 1.29 is 4.74 Å². The first-order chi connectivity index (χ1) is 9.73. The molecule has 7 heteroatoms. The summed E-state index contributed by atoms with van der Waals surface area (Å²) in [5, 5.41) is 3.82. The average Bonchev–Trinajstić information content (AvgIpc) is 2.44. The standard InChI is InChI=1S/C13H25N5OS/c1-5-14-11-15-12(19-8-4)17-13(16-11)20-10-9-18(6-2)7-3/h5-10H2,1-4H3,(H,14,15,16,17). The second-order valence-electron chi connectivity index (χ2n) is 4.06. The van der Waals surface area contributed by atoms with Gasteiger partial charge in [0.05, 0.1) is 6.61 Å². The molecule has 0 aliphatic rings. The van der Waals surface area contributed by atoms with Crippen molar-refractivity contribution in [1.29, 1.82) is 0 Å². The number of rotatable bonds is 10. The maximum atomic E-state index is 5.38. The second-order valence-corrected chi connectivity index (χ2v) is 5.12. The van der Waals surface area contributed by atoms with Crippen molar-refractivity contribution in [2.45, 2.75) is 32.9 Å². The lowest BCUT2D eigenvalue weighted by atomic mass is 10.5. The zero-order chi connectivity index (χ0) is 14.8. The Bertz CT molecular complexity index is 363. The molecule has 0 saturated heterocycles. The minimum atomic E-state index is 0.392. The number of ether oxygens (including phenoxy) is 1. The van der Waals surface area contributed by atoms with Gasteiger partial charge >= 0.3 is 6.01 Å². The van der Waals surface area contributed by atoms with E-state index in [1.54, 1.807) is 11.8 Å². The smallest absolute Gasteiger partial charge is 0.322 e. The number of aromatic nitrogens is 3. The maximum absolute atomic E-state index is 5.38. The van der Waals surface area contributed by atoms with Gasteiger partial charge in [-0.1, -0.05) is 25.6 Å². The van der Waals surface area contributed by atoms with Crippen LogP contribution in [0.5, 0.6) is 6.01 Å². The first kappa shape index (κ1) is 17.0. The van der Waals surface area contributed by atoms with Gasteiger partial charge in [0.1, 0.15) is 0 Å². The number of hydrogen-bond acceptors (Lipinski definition) is 7. The predicted octanol–water partition coefficient (Wildman–Crippen LogP) is 2.14. The molecule has 1 heterocycles. The van der Waals surface area contributed by atoms with E-state index in [9.17, 15) is 0 Å². The molecule has 1 rings (SSSR count). The number of nitrogens with zero attached hydrogens (tertiary/aromatic N) is 4. The topological polar surface area (TPSA) is 63.2 Å². The third-order valence-electron chi connectivity index (χ3n) is 2.74. The fourth-order valence-electron chi connectivity index (χ4n) is 1.64. The Kier molecular flexibility index (Phi) is 8.29. The number of anilines is 1. The molecule has 1 aromatic rings. The zero-order valence-corrected chi connectivity index (χ0v) is 13.7. The molecular weight excluding hydrogens is 274 g/mol. The van der Waals surface area contributed by atoms with Crippen molar-refractivity contribution in [1.82, 2.24) is 19.9 Å². The summed E-state index contributed by atoms with van der Waals surface area (Å²) in [6.45, 7) is 12.8. The van der Waals surface area contributed by atoms with Crippen LogP contribution in [0.25, 0.3) is 0 Å². The summed E-state index contributed by atoms with van der Waals surface area (Å²) in [7, 11) is 0. The van der Waals surface area contributed by atoms with Gasteiger partial charge in [-0.25, -0.2) is 0 Å². The Morgan fingerprint density at radius 1 is 1.10 bits per heavy atom. The van der Waals surface area contributed by atoms with Crippen LogP contribution in [0.4, 0.5) is 5.95 Å². The molecule has 0 aromatic carbocycles. The Morgan fingerprint density at radius 3 is 2.45 bits per heavy atom. The molecule has 6 nitrogen and oxygen atoms in total. The third kappa shape index (κ3) is 5.92. The van der Waals surface area contributed by atoms with Crippen LogP contribution in [0, 0.1) is 0 Å². The van der Waals surface area contributed by atoms with Gasteiger partial charge in [0.15, 0.2) is 5.16 Å². The quantitative estimate of drug-likeness (QED) is 0.664. The Balaban J connectivity index is 2.62. The minimum Gasteiger partial charge on any atom is -0.464 e. The van der Waals surface area contributed by atoms with E-state index in [1.165, 1.54) is 0 Å². The molecule has 0 spiro atoms. The van der Waals surface area contributed by atoms with Crippen molar-refractivity contribution in [3.63, 3.8) is 0 Å². The molecular formula is C13H25N5OS. The molecule has 0 amide bonds. The summed E-state index contributed by atoms with van der Waals surface area (Å²) in [4.78, 5) is 15.3. The molecule has 0 aliphatic heterocycles. The fourth-order valence-corrected chi connectivity index (χ4v) is 2.46. The van der Waals surface area contributed by atoms with E-state index in [1.807, 2.05) is 13.8 Å². The number of nitrogens with one attached hydrogen (secondary N) is 1. The molecule has 0 unspecified atom stereocenters. The van der Waals surface area contributed by atoms with Gasteiger partial charge in [-0.15, -0.1) is 0 Å². The molecule has 0 bridgehead atoms. The SMILES string of the molecule is CCNc1nc(OCC)nc(SCCN(CC)CC)n1. The van der Waals surface area contributed by atoms with Crippen LogP contribution < -0.4 is 10.1 Å². The molecule has 1 N–H and O–H groups in total. The van der Waals surface area contributed by atoms with E-state index in [4.69, 9.17) is 4.74 Å². The van der Waals surface area contributed by atoms with Crippen LogP contribution in [0.1, 0.15) is 27.7 Å². The van der Waals surface area contributed by atoms with Gasteiger partial charge in [-0.2, -0.15) is 15.0 Å². The van der Waals surface area contributed by atoms with Crippen LogP contribution in [-0.4, -0.2) is 58.4 Å². The van der Waals surface area contributed by atoms with Crippen LogP contribution in [0.15, 0.2) is 5.16 Å². The van der Waals surface area contributed by atoms with E-state index in [0.29, 0.717) is 23.7 Å². The summed E-state index contributed by atoms with van der Waals surface area (Å²) in [5.74, 6) is 1.54. The van der Waals surface area contributed by atoms with Crippen LogP contribution in [-0.2, 0) is 0 Å². The predicted molar refractivity (Wildman–Crippen MR) is 83.7 cm³/mol. The zero-order valence-electron chi connectivity index (χ0n) is 12.8. The molecule has 0 saturated carbocycles. The molecule has 0 fully saturated rings. The van der Waals surface area contributed by atoms with E-state index in [0.717, 1.165) is 31.9 Å². The first-order valence-corrected chi connectivity index (χ1v) is 8.19. The lowest BCUT2D eigenvalue weighted by molar-refractivity contribution is 0.308. The average molecular weight is 299 g/mol. The largest absolute Gasteiger partial charge is 0.464 e. The molecule has 0 aliphatic carbocycles. The summed E-state index contributed by atoms with van der Waals surface area (Å²) in [6, 6.07) is 0.392. The normalized spacial score (nSPS) is 10.8. The summed E-state index contributed by atoms with van der Waals surface area (Å²) >= 11 is 1.64. The Hall–Kier alpha value is -1.08. The maximum Gasteiger partial charge on any atom is 0.322 e. The number of thioether (sulfide) groups is 1. The van der Waals surface area contributed by atoms with Gasteiger partial charge in [0.2, 0.25) is 5.95 Å². The summed E-state index contributed by atoms with van der Waals surface area (Å²) in [5.41, 5.74) is 0. The van der Waals surface area contributed by atoms with E-state index >= 15 is 0 Å². The Morgan fingerprint density at radius 2 is 1.85 bits per heavy atom.